The van der Waals surface area contributed by atoms with Crippen LogP contribution < -0.4 is 0 Å². The molecule has 1 unspecified atom stereocenters. The molecule has 1 aromatic heterocycles. The molecule has 1 heterocycles. The second-order valence-corrected chi connectivity index (χ2v) is 1.52. The van der Waals surface area contributed by atoms with Crippen LogP contribution >= 0.6 is 9.39 Å². The summed E-state index contributed by atoms with van der Waals surface area (Å²) in [6.45, 7) is 0. The van der Waals surface area contributed by atoms with Crippen LogP contribution in [-0.2, 0) is 0 Å². The topological polar surface area (TPSA) is 17.8 Å². The zero-order chi connectivity index (χ0) is 4.41. The fraction of sp³-hybridized carbons (Fsp3) is 0. The van der Waals surface area contributed by atoms with Gasteiger partial charge in [-0.2, -0.15) is 5.10 Å². The lowest BCUT2D eigenvalue weighted by Crippen LogP contribution is -1.72. The molecular formula is C3H5N2P. The van der Waals surface area contributed by atoms with Crippen molar-refractivity contribution in [3.8, 4) is 0 Å². The first-order valence-electron chi connectivity index (χ1n) is 1.64. The Kier molecular flexibility index (Phi) is 0.887. The van der Waals surface area contributed by atoms with Crippen molar-refractivity contribution in [3.05, 3.63) is 18.5 Å². The minimum atomic E-state index is 1.67. The Balaban J connectivity index is 3.05. The van der Waals surface area contributed by atoms with Crippen LogP contribution in [0.1, 0.15) is 0 Å². The van der Waals surface area contributed by atoms with Crippen molar-refractivity contribution in [1.82, 2.24) is 9.55 Å². The number of rotatable bonds is 0. The summed E-state index contributed by atoms with van der Waals surface area (Å²) in [4.78, 5) is 0. The van der Waals surface area contributed by atoms with E-state index < -0.39 is 0 Å². The number of aromatic nitrogens is 2. The molecule has 6 heavy (non-hydrogen) atoms. The normalized spacial score (nSPS) is 8.83. The van der Waals surface area contributed by atoms with Gasteiger partial charge in [-0.05, 0) is 15.5 Å². The molecule has 0 aliphatic rings. The van der Waals surface area contributed by atoms with E-state index in [1.54, 1.807) is 10.6 Å². The molecule has 0 aliphatic heterocycles. The predicted molar refractivity (Wildman–Crippen MR) is 27.3 cm³/mol. The van der Waals surface area contributed by atoms with Crippen LogP contribution in [0.3, 0.4) is 0 Å². The Morgan fingerprint density at radius 3 is 2.67 bits per heavy atom. The number of hydrogen-bond acceptors (Lipinski definition) is 1. The van der Waals surface area contributed by atoms with Crippen molar-refractivity contribution in [2.45, 2.75) is 0 Å². The standard InChI is InChI=1S/C3H5N2P/c6-5-3-1-2-4-5/h1-3H,6H2. The molecule has 0 radical (unpaired) electrons. The van der Waals surface area contributed by atoms with Crippen LogP contribution in [0.25, 0.3) is 0 Å². The van der Waals surface area contributed by atoms with E-state index in [1.165, 1.54) is 0 Å². The van der Waals surface area contributed by atoms with E-state index in [0.29, 0.717) is 0 Å². The summed E-state index contributed by atoms with van der Waals surface area (Å²) in [5.74, 6) is 0. The fourth-order valence-electron chi connectivity index (χ4n) is 0.281. The van der Waals surface area contributed by atoms with Crippen LogP contribution in [0.2, 0.25) is 0 Å². The van der Waals surface area contributed by atoms with Gasteiger partial charge in [0.05, 0.1) is 0 Å². The minimum Gasteiger partial charge on any atom is -0.259 e. The maximum Gasteiger partial charge on any atom is 0.0492 e. The molecule has 0 saturated carbocycles. The van der Waals surface area contributed by atoms with E-state index >= 15 is 0 Å². The van der Waals surface area contributed by atoms with Gasteiger partial charge in [0.25, 0.3) is 0 Å². The van der Waals surface area contributed by atoms with Crippen molar-refractivity contribution in [2.75, 3.05) is 0 Å². The van der Waals surface area contributed by atoms with Crippen molar-refractivity contribution in [2.24, 2.45) is 0 Å². The van der Waals surface area contributed by atoms with Crippen molar-refractivity contribution >= 4 is 9.39 Å². The molecule has 32 valence electrons. The third kappa shape index (κ3) is 0.575. The van der Waals surface area contributed by atoms with Crippen molar-refractivity contribution in [3.63, 3.8) is 0 Å². The first-order chi connectivity index (χ1) is 2.89. The lowest BCUT2D eigenvalue weighted by atomic mass is 10.8. The van der Waals surface area contributed by atoms with E-state index in [0.717, 1.165) is 0 Å². The van der Waals surface area contributed by atoms with Crippen LogP contribution in [0.15, 0.2) is 18.5 Å². The van der Waals surface area contributed by atoms with Crippen LogP contribution in [0.5, 0.6) is 0 Å². The van der Waals surface area contributed by atoms with Gasteiger partial charge < -0.3 is 0 Å². The lowest BCUT2D eigenvalue weighted by molar-refractivity contribution is 1.01. The van der Waals surface area contributed by atoms with Gasteiger partial charge in [0, 0.05) is 12.4 Å². The van der Waals surface area contributed by atoms with Crippen LogP contribution in [0, 0.1) is 0 Å². The van der Waals surface area contributed by atoms with E-state index in [9.17, 15) is 0 Å². The Bertz CT molecular complexity index is 112. The molecule has 0 aromatic carbocycles. The highest BCUT2D eigenvalue weighted by Gasteiger charge is 1.69. The molecule has 1 rings (SSSR count). The van der Waals surface area contributed by atoms with Gasteiger partial charge in [-0.15, -0.1) is 0 Å². The number of nitrogens with zero attached hydrogens (tertiary/aromatic N) is 2. The maximum atomic E-state index is 3.80. The third-order valence-electron chi connectivity index (χ3n) is 0.525. The molecule has 1 atom stereocenters. The van der Waals surface area contributed by atoms with Gasteiger partial charge in [0.1, 0.15) is 0 Å². The summed E-state index contributed by atoms with van der Waals surface area (Å²) < 4.78 is 1.67. The lowest BCUT2D eigenvalue weighted by Gasteiger charge is -1.76. The van der Waals surface area contributed by atoms with Crippen molar-refractivity contribution in [1.29, 1.82) is 0 Å². The Morgan fingerprint density at radius 2 is 2.50 bits per heavy atom. The largest absolute Gasteiger partial charge is 0.259 e. The SMILES string of the molecule is Pn1cccn1. The molecule has 0 bridgehead atoms. The summed E-state index contributed by atoms with van der Waals surface area (Å²) in [7, 11) is 2.42. The zero-order valence-corrected chi connectivity index (χ0v) is 4.36. The minimum absolute atomic E-state index is 1.67. The second kappa shape index (κ2) is 1.39. The third-order valence-corrected chi connectivity index (χ3v) is 0.830. The highest BCUT2D eigenvalue weighted by atomic mass is 31.0. The van der Waals surface area contributed by atoms with Gasteiger partial charge in [0.2, 0.25) is 0 Å². The van der Waals surface area contributed by atoms with Crippen LogP contribution in [-0.4, -0.2) is 9.55 Å². The highest BCUT2D eigenvalue weighted by Crippen LogP contribution is 1.86. The quantitative estimate of drug-likeness (QED) is 0.434. The van der Waals surface area contributed by atoms with E-state index in [2.05, 4.69) is 14.5 Å². The molecule has 3 heteroatoms. The summed E-state index contributed by atoms with van der Waals surface area (Å²) in [6, 6.07) is 1.87. The van der Waals surface area contributed by atoms with Gasteiger partial charge in [-0.3, -0.25) is 4.45 Å². The summed E-state index contributed by atoms with van der Waals surface area (Å²) in [5.41, 5.74) is 0. The zero-order valence-electron chi connectivity index (χ0n) is 3.20. The Morgan fingerprint density at radius 1 is 1.67 bits per heavy atom. The summed E-state index contributed by atoms with van der Waals surface area (Å²) in [5, 5.41) is 3.80. The average molecular weight is 100 g/mol. The van der Waals surface area contributed by atoms with Crippen LogP contribution in [0.4, 0.5) is 0 Å². The summed E-state index contributed by atoms with van der Waals surface area (Å²) in [6.07, 6.45) is 3.58. The molecular weight excluding hydrogens is 95.0 g/mol. The van der Waals surface area contributed by atoms with E-state index in [4.69, 9.17) is 0 Å². The van der Waals surface area contributed by atoms with Gasteiger partial charge in [-0.1, -0.05) is 0 Å². The Labute approximate surface area is 38.4 Å². The molecule has 0 fully saturated rings. The average Bonchev–Trinajstić information content (AvgIpc) is 1.86. The fourth-order valence-corrected chi connectivity index (χ4v) is 0.457. The summed E-state index contributed by atoms with van der Waals surface area (Å²) >= 11 is 0. The smallest absolute Gasteiger partial charge is 0.0492 e. The maximum absolute atomic E-state index is 3.80. The number of hydrogen-bond donors (Lipinski definition) is 0. The molecule has 1 aromatic rings. The Hall–Kier alpha value is -0.360. The van der Waals surface area contributed by atoms with E-state index in [1.807, 2.05) is 12.3 Å². The molecule has 0 aliphatic carbocycles. The van der Waals surface area contributed by atoms with Gasteiger partial charge in [0.15, 0.2) is 0 Å². The van der Waals surface area contributed by atoms with E-state index in [-0.39, 0.29) is 0 Å². The molecule has 0 saturated heterocycles. The van der Waals surface area contributed by atoms with Crippen molar-refractivity contribution < 1.29 is 0 Å². The monoisotopic (exact) mass is 100 g/mol. The molecule has 0 N–H and O–H groups in total. The van der Waals surface area contributed by atoms with Gasteiger partial charge >= 0.3 is 0 Å². The second-order valence-electron chi connectivity index (χ2n) is 0.986. The van der Waals surface area contributed by atoms with Gasteiger partial charge in [-0.25, -0.2) is 0 Å². The molecule has 0 amide bonds. The molecule has 0 spiro atoms. The highest BCUT2D eigenvalue weighted by molar-refractivity contribution is 7.14. The first kappa shape index (κ1) is 3.82. The molecule has 2 nitrogen and oxygen atoms in total. The predicted octanol–water partition coefficient (Wildman–Crippen LogP) is 0.521. The first-order valence-corrected chi connectivity index (χ1v) is 2.16.